The van der Waals surface area contributed by atoms with Gasteiger partial charge in [0.25, 0.3) is 0 Å². The van der Waals surface area contributed by atoms with Gasteiger partial charge >= 0.3 is 0 Å². The van der Waals surface area contributed by atoms with Crippen LogP contribution in [0.1, 0.15) is 15.9 Å². The minimum absolute atomic E-state index is 0.0822. The molecular formula is C27H21FO3S2. The Morgan fingerprint density at radius 1 is 0.758 bits per heavy atom. The second-order valence-corrected chi connectivity index (χ2v) is 9.32. The van der Waals surface area contributed by atoms with Crippen LogP contribution in [0, 0.1) is 5.82 Å². The van der Waals surface area contributed by atoms with Crippen LogP contribution in [-0.4, -0.2) is 24.1 Å². The molecule has 0 fully saturated rings. The summed E-state index contributed by atoms with van der Waals surface area (Å²) < 4.78 is 20.1. The van der Waals surface area contributed by atoms with Crippen molar-refractivity contribution in [3.05, 3.63) is 114 Å². The van der Waals surface area contributed by atoms with Gasteiger partial charge in [-0.3, -0.25) is 4.79 Å². The van der Waals surface area contributed by atoms with E-state index in [-0.39, 0.29) is 24.6 Å². The molecule has 0 atom stereocenters. The quantitative estimate of drug-likeness (QED) is 0.271. The molecule has 4 rings (SSSR count). The van der Waals surface area contributed by atoms with Gasteiger partial charge < -0.3 is 9.84 Å². The first kappa shape index (κ1) is 23.1. The molecule has 0 aliphatic rings. The van der Waals surface area contributed by atoms with E-state index in [4.69, 9.17) is 9.84 Å². The highest BCUT2D eigenvalue weighted by molar-refractivity contribution is 7.99. The molecule has 0 amide bonds. The molecule has 3 nitrogen and oxygen atoms in total. The third kappa shape index (κ3) is 6.26. The third-order valence-electron chi connectivity index (χ3n) is 4.70. The topological polar surface area (TPSA) is 46.5 Å². The van der Waals surface area contributed by atoms with E-state index in [1.165, 1.54) is 17.8 Å². The Morgan fingerprint density at radius 2 is 1.36 bits per heavy atom. The minimum atomic E-state index is -0.434. The zero-order chi connectivity index (χ0) is 23.0. The second-order valence-electron chi connectivity index (χ2n) is 7.06. The van der Waals surface area contributed by atoms with Crippen molar-refractivity contribution in [2.24, 2.45) is 0 Å². The van der Waals surface area contributed by atoms with Crippen molar-refractivity contribution in [1.82, 2.24) is 0 Å². The van der Waals surface area contributed by atoms with Crippen LogP contribution in [0.4, 0.5) is 4.39 Å². The molecule has 0 heterocycles. The van der Waals surface area contributed by atoms with Crippen LogP contribution < -0.4 is 4.74 Å². The standard InChI is InChI=1S/C27H21FO3S2/c28-25-18-20(27(30)19-6-9-21(10-7-19)31-17-16-29)8-15-26(25)33-24-13-11-23(12-14-24)32-22-4-2-1-3-5-22/h1-15,18,29H,16-17H2. The Balaban J connectivity index is 1.41. The number of aliphatic hydroxyl groups is 1. The molecule has 0 saturated carbocycles. The predicted molar refractivity (Wildman–Crippen MR) is 130 cm³/mol. The van der Waals surface area contributed by atoms with E-state index in [0.29, 0.717) is 16.2 Å². The second kappa shape index (κ2) is 11.2. The van der Waals surface area contributed by atoms with Crippen molar-refractivity contribution in [1.29, 1.82) is 0 Å². The van der Waals surface area contributed by atoms with Gasteiger partial charge in [-0.1, -0.05) is 41.7 Å². The number of hydrogen-bond acceptors (Lipinski definition) is 5. The van der Waals surface area contributed by atoms with E-state index in [1.807, 2.05) is 42.5 Å². The number of carbonyl (C=O) groups excluding carboxylic acids is 1. The number of benzene rings is 4. The number of ether oxygens (including phenoxy) is 1. The summed E-state index contributed by atoms with van der Waals surface area (Å²) in [4.78, 5) is 16.4. The van der Waals surface area contributed by atoms with Crippen molar-refractivity contribution < 1.29 is 19.0 Å². The lowest BCUT2D eigenvalue weighted by atomic mass is 10.0. The first-order valence-electron chi connectivity index (χ1n) is 10.3. The number of carbonyl (C=O) groups is 1. The fourth-order valence-corrected chi connectivity index (χ4v) is 4.74. The smallest absolute Gasteiger partial charge is 0.193 e. The molecule has 0 aliphatic heterocycles. The molecule has 0 saturated heterocycles. The van der Waals surface area contributed by atoms with E-state index >= 15 is 0 Å². The van der Waals surface area contributed by atoms with Crippen molar-refractivity contribution in [2.75, 3.05) is 13.2 Å². The SMILES string of the molecule is O=C(c1ccc(OCCO)cc1)c1ccc(Sc2ccc(Sc3ccccc3)cc2)c(F)c1. The first-order valence-corrected chi connectivity index (χ1v) is 11.9. The van der Waals surface area contributed by atoms with Crippen molar-refractivity contribution in [3.8, 4) is 5.75 Å². The summed E-state index contributed by atoms with van der Waals surface area (Å²) in [7, 11) is 0. The molecule has 0 unspecified atom stereocenters. The Kier molecular flexibility index (Phi) is 7.83. The maximum absolute atomic E-state index is 14.8. The zero-order valence-electron chi connectivity index (χ0n) is 17.6. The summed E-state index contributed by atoms with van der Waals surface area (Å²) in [6.45, 7) is 0.105. The molecule has 0 bridgehead atoms. The normalized spacial score (nSPS) is 10.7. The average Bonchev–Trinajstić information content (AvgIpc) is 2.85. The Bertz CT molecular complexity index is 1210. The van der Waals surface area contributed by atoms with E-state index in [2.05, 4.69) is 12.1 Å². The highest BCUT2D eigenvalue weighted by atomic mass is 32.2. The lowest BCUT2D eigenvalue weighted by Crippen LogP contribution is -2.04. The molecular weight excluding hydrogens is 455 g/mol. The molecule has 0 aliphatic carbocycles. The lowest BCUT2D eigenvalue weighted by Gasteiger charge is -2.08. The van der Waals surface area contributed by atoms with E-state index in [0.717, 1.165) is 14.7 Å². The van der Waals surface area contributed by atoms with E-state index < -0.39 is 5.82 Å². The average molecular weight is 477 g/mol. The minimum Gasteiger partial charge on any atom is -0.491 e. The largest absolute Gasteiger partial charge is 0.491 e. The molecule has 4 aromatic rings. The van der Waals surface area contributed by atoms with Gasteiger partial charge in [-0.05, 0) is 78.9 Å². The number of rotatable bonds is 9. The highest BCUT2D eigenvalue weighted by Gasteiger charge is 2.13. The van der Waals surface area contributed by atoms with Gasteiger partial charge in [0.2, 0.25) is 0 Å². The molecule has 166 valence electrons. The fourth-order valence-electron chi connectivity index (χ4n) is 3.08. The number of ketones is 1. The number of hydrogen-bond donors (Lipinski definition) is 1. The van der Waals surface area contributed by atoms with Crippen molar-refractivity contribution in [3.63, 3.8) is 0 Å². The molecule has 4 aromatic carbocycles. The van der Waals surface area contributed by atoms with Crippen molar-refractivity contribution in [2.45, 2.75) is 19.6 Å². The summed E-state index contributed by atoms with van der Waals surface area (Å²) >= 11 is 3.00. The summed E-state index contributed by atoms with van der Waals surface area (Å²) in [6, 6.07) is 29.2. The summed E-state index contributed by atoms with van der Waals surface area (Å²) in [5.41, 5.74) is 0.730. The third-order valence-corrected chi connectivity index (χ3v) is 6.78. The monoisotopic (exact) mass is 476 g/mol. The van der Waals surface area contributed by atoms with Gasteiger partial charge in [-0.25, -0.2) is 4.39 Å². The van der Waals surface area contributed by atoms with Crippen molar-refractivity contribution >= 4 is 29.3 Å². The van der Waals surface area contributed by atoms with Crippen LogP contribution >= 0.6 is 23.5 Å². The number of halogens is 1. The molecule has 0 spiro atoms. The van der Waals surface area contributed by atoms with Gasteiger partial charge in [0, 0.05) is 30.7 Å². The maximum Gasteiger partial charge on any atom is 0.193 e. The Hall–Kier alpha value is -3.06. The van der Waals surface area contributed by atoms with E-state index in [1.54, 1.807) is 48.2 Å². The molecule has 6 heteroatoms. The van der Waals surface area contributed by atoms with Gasteiger partial charge in [0.1, 0.15) is 18.2 Å². The summed E-state index contributed by atoms with van der Waals surface area (Å²) in [6.07, 6.45) is 0. The van der Waals surface area contributed by atoms with Gasteiger partial charge in [-0.2, -0.15) is 0 Å². The van der Waals surface area contributed by atoms with Gasteiger partial charge in [0.05, 0.1) is 6.61 Å². The highest BCUT2D eigenvalue weighted by Crippen LogP contribution is 2.33. The van der Waals surface area contributed by atoms with Gasteiger partial charge in [0.15, 0.2) is 5.78 Å². The zero-order valence-corrected chi connectivity index (χ0v) is 19.2. The summed E-state index contributed by atoms with van der Waals surface area (Å²) in [5.74, 6) is -0.135. The molecule has 33 heavy (non-hydrogen) atoms. The van der Waals surface area contributed by atoms with Crippen LogP contribution in [-0.2, 0) is 0 Å². The van der Waals surface area contributed by atoms with E-state index in [9.17, 15) is 9.18 Å². The van der Waals surface area contributed by atoms with Gasteiger partial charge in [-0.15, -0.1) is 0 Å². The maximum atomic E-state index is 14.8. The molecule has 0 radical (unpaired) electrons. The molecule has 1 N–H and O–H groups in total. The number of aliphatic hydroxyl groups excluding tert-OH is 1. The Morgan fingerprint density at radius 3 is 2.00 bits per heavy atom. The first-order chi connectivity index (χ1) is 16.1. The summed E-state index contributed by atoms with van der Waals surface area (Å²) in [5, 5.41) is 8.81. The van der Waals surface area contributed by atoms with Crippen LogP contribution in [0.2, 0.25) is 0 Å². The van der Waals surface area contributed by atoms with Crippen LogP contribution in [0.15, 0.2) is 117 Å². The fraction of sp³-hybridized carbons (Fsp3) is 0.0741. The lowest BCUT2D eigenvalue weighted by molar-refractivity contribution is 0.103. The van der Waals surface area contributed by atoms with Crippen LogP contribution in [0.3, 0.4) is 0 Å². The molecule has 0 aromatic heterocycles. The van der Waals surface area contributed by atoms with Crippen LogP contribution in [0.5, 0.6) is 5.75 Å². The predicted octanol–water partition coefficient (Wildman–Crippen LogP) is 6.73. The van der Waals surface area contributed by atoms with Crippen LogP contribution in [0.25, 0.3) is 0 Å². The Labute approximate surface area is 200 Å².